The number of ether oxygens (including phenoxy) is 2. The molecule has 86 valence electrons. The second-order valence-electron chi connectivity index (χ2n) is 2.82. The van der Waals surface area contributed by atoms with Gasteiger partial charge in [0.1, 0.15) is 5.82 Å². The van der Waals surface area contributed by atoms with Gasteiger partial charge < -0.3 is 14.6 Å². The van der Waals surface area contributed by atoms with Crippen LogP contribution in [0.5, 0.6) is 11.5 Å². The highest BCUT2D eigenvalue weighted by atomic mass is 19.1. The van der Waals surface area contributed by atoms with Crippen LogP contribution in [0.2, 0.25) is 0 Å². The molecule has 0 saturated heterocycles. The van der Waals surface area contributed by atoms with E-state index in [1.54, 1.807) is 0 Å². The fourth-order valence-corrected chi connectivity index (χ4v) is 1.21. The number of rotatable bonds is 4. The summed E-state index contributed by atoms with van der Waals surface area (Å²) in [4.78, 5) is 21.8. The minimum atomic E-state index is -1.69. The number of carboxylic acid groups (broad SMARTS) is 1. The molecule has 0 amide bonds. The predicted octanol–water partition coefficient (Wildman–Crippen LogP) is 1.11. The first kappa shape index (κ1) is 12.0. The van der Waals surface area contributed by atoms with Gasteiger partial charge in [-0.3, -0.25) is 4.79 Å². The number of ketones is 1. The van der Waals surface area contributed by atoms with E-state index in [4.69, 9.17) is 14.6 Å². The third-order valence-corrected chi connectivity index (χ3v) is 1.88. The Kier molecular flexibility index (Phi) is 3.44. The number of hydrogen-bond donors (Lipinski definition) is 1. The van der Waals surface area contributed by atoms with Crippen LogP contribution < -0.4 is 9.47 Å². The largest absolute Gasteiger partial charge is 0.493 e. The van der Waals surface area contributed by atoms with E-state index in [1.807, 2.05) is 0 Å². The molecule has 0 aromatic heterocycles. The highest BCUT2D eigenvalue weighted by Gasteiger charge is 2.23. The van der Waals surface area contributed by atoms with Gasteiger partial charge >= 0.3 is 5.97 Å². The van der Waals surface area contributed by atoms with Crippen LogP contribution in [0, 0.1) is 5.82 Å². The highest BCUT2D eigenvalue weighted by Crippen LogP contribution is 2.32. The van der Waals surface area contributed by atoms with Gasteiger partial charge in [-0.2, -0.15) is 0 Å². The summed E-state index contributed by atoms with van der Waals surface area (Å²) in [6, 6.07) is 1.79. The Morgan fingerprint density at radius 2 is 1.88 bits per heavy atom. The summed E-state index contributed by atoms with van der Waals surface area (Å²) in [5, 5.41) is 8.54. The lowest BCUT2D eigenvalue weighted by molar-refractivity contribution is -0.131. The van der Waals surface area contributed by atoms with E-state index in [0.29, 0.717) is 0 Å². The molecule has 1 N–H and O–H groups in total. The average molecular weight is 228 g/mol. The van der Waals surface area contributed by atoms with Crippen molar-refractivity contribution in [1.82, 2.24) is 0 Å². The second-order valence-corrected chi connectivity index (χ2v) is 2.82. The number of benzene rings is 1. The van der Waals surface area contributed by atoms with Crippen LogP contribution in [0.4, 0.5) is 4.39 Å². The minimum Gasteiger partial charge on any atom is -0.493 e. The van der Waals surface area contributed by atoms with Gasteiger partial charge in [0.2, 0.25) is 0 Å². The van der Waals surface area contributed by atoms with Gasteiger partial charge in [0.25, 0.3) is 5.78 Å². The third kappa shape index (κ3) is 2.10. The topological polar surface area (TPSA) is 72.8 Å². The fourth-order valence-electron chi connectivity index (χ4n) is 1.21. The molecule has 0 aliphatic heterocycles. The van der Waals surface area contributed by atoms with Crippen molar-refractivity contribution < 1.29 is 28.6 Å². The molecule has 1 aromatic rings. The summed E-state index contributed by atoms with van der Waals surface area (Å²) in [6.45, 7) is 0. The van der Waals surface area contributed by atoms with Crippen LogP contribution >= 0.6 is 0 Å². The number of methoxy groups -OCH3 is 2. The fraction of sp³-hybridized carbons (Fsp3) is 0.200. The van der Waals surface area contributed by atoms with E-state index >= 15 is 0 Å². The molecule has 5 nitrogen and oxygen atoms in total. The molecule has 6 heteroatoms. The van der Waals surface area contributed by atoms with E-state index < -0.39 is 17.6 Å². The first-order valence-electron chi connectivity index (χ1n) is 4.20. The van der Waals surface area contributed by atoms with E-state index in [1.165, 1.54) is 14.2 Å². The van der Waals surface area contributed by atoms with E-state index in [-0.39, 0.29) is 17.1 Å². The molecule has 0 unspecified atom stereocenters. The first-order valence-corrected chi connectivity index (χ1v) is 4.20. The summed E-state index contributed by atoms with van der Waals surface area (Å²) in [6.07, 6.45) is 0. The minimum absolute atomic E-state index is 0.0351. The maximum atomic E-state index is 13.1. The molecule has 0 radical (unpaired) electrons. The number of Topliss-reactive ketones (excluding diaryl/α,β-unsaturated/α-hetero) is 1. The predicted molar refractivity (Wildman–Crippen MR) is 51.5 cm³/mol. The quantitative estimate of drug-likeness (QED) is 0.617. The molecule has 0 spiro atoms. The number of halogens is 1. The summed E-state index contributed by atoms with van der Waals surface area (Å²) in [7, 11) is 2.49. The summed E-state index contributed by atoms with van der Waals surface area (Å²) < 4.78 is 22.7. The van der Waals surface area contributed by atoms with Crippen molar-refractivity contribution in [2.24, 2.45) is 0 Å². The maximum absolute atomic E-state index is 13.1. The van der Waals surface area contributed by atoms with Crippen LogP contribution in [0.1, 0.15) is 10.4 Å². The Balaban J connectivity index is 3.42. The van der Waals surface area contributed by atoms with Gasteiger partial charge in [0, 0.05) is 6.07 Å². The Hall–Kier alpha value is -2.11. The number of hydrogen-bond acceptors (Lipinski definition) is 4. The van der Waals surface area contributed by atoms with E-state index in [2.05, 4.69) is 0 Å². The summed E-state index contributed by atoms with van der Waals surface area (Å²) in [5.74, 6) is -3.86. The molecule has 0 aliphatic carbocycles. The van der Waals surface area contributed by atoms with Gasteiger partial charge in [0.15, 0.2) is 11.5 Å². The van der Waals surface area contributed by atoms with Crippen molar-refractivity contribution >= 4 is 11.8 Å². The zero-order valence-corrected chi connectivity index (χ0v) is 8.61. The molecule has 16 heavy (non-hydrogen) atoms. The Labute approximate surface area is 90.4 Å². The van der Waals surface area contributed by atoms with Crippen LogP contribution in [-0.2, 0) is 4.79 Å². The van der Waals surface area contributed by atoms with Gasteiger partial charge in [-0.1, -0.05) is 0 Å². The Morgan fingerprint density at radius 3 is 2.31 bits per heavy atom. The highest BCUT2D eigenvalue weighted by molar-refractivity contribution is 6.40. The molecular formula is C10H9FO5. The molecular weight excluding hydrogens is 219 g/mol. The average Bonchev–Trinajstić information content (AvgIpc) is 2.26. The lowest BCUT2D eigenvalue weighted by atomic mass is 10.1. The standard InChI is InChI=1S/C10H9FO5/c1-15-7-4-5(11)3-6(9(7)16-2)8(12)10(13)14/h3-4H,1-2H3,(H,13,14). The Morgan fingerprint density at radius 1 is 1.25 bits per heavy atom. The van der Waals surface area contributed by atoms with Crippen LogP contribution in [0.25, 0.3) is 0 Å². The summed E-state index contributed by atoms with van der Waals surface area (Å²) >= 11 is 0. The van der Waals surface area contributed by atoms with Crippen molar-refractivity contribution in [1.29, 1.82) is 0 Å². The second kappa shape index (κ2) is 4.61. The molecule has 1 rings (SSSR count). The molecule has 0 aliphatic rings. The van der Waals surface area contributed by atoms with Crippen LogP contribution in [0.3, 0.4) is 0 Å². The number of carbonyl (C=O) groups excluding carboxylic acids is 1. The van der Waals surface area contributed by atoms with Gasteiger partial charge in [-0.05, 0) is 6.07 Å². The third-order valence-electron chi connectivity index (χ3n) is 1.88. The number of carbonyl (C=O) groups is 2. The van der Waals surface area contributed by atoms with Crippen LogP contribution in [0.15, 0.2) is 12.1 Å². The van der Waals surface area contributed by atoms with Gasteiger partial charge in [-0.25, -0.2) is 9.18 Å². The molecule has 0 heterocycles. The lowest BCUT2D eigenvalue weighted by Crippen LogP contribution is -2.14. The zero-order valence-electron chi connectivity index (χ0n) is 8.61. The van der Waals surface area contributed by atoms with E-state index in [0.717, 1.165) is 12.1 Å². The smallest absolute Gasteiger partial charge is 0.377 e. The first-order chi connectivity index (χ1) is 7.51. The Bertz CT molecular complexity index is 441. The van der Waals surface area contributed by atoms with Crippen LogP contribution in [-0.4, -0.2) is 31.1 Å². The van der Waals surface area contributed by atoms with Crippen molar-refractivity contribution in [2.45, 2.75) is 0 Å². The monoisotopic (exact) mass is 228 g/mol. The van der Waals surface area contributed by atoms with Crippen molar-refractivity contribution in [3.05, 3.63) is 23.5 Å². The molecule has 0 saturated carbocycles. The van der Waals surface area contributed by atoms with Crippen molar-refractivity contribution in [2.75, 3.05) is 14.2 Å². The van der Waals surface area contributed by atoms with E-state index in [9.17, 15) is 14.0 Å². The maximum Gasteiger partial charge on any atom is 0.377 e. The van der Waals surface area contributed by atoms with Crippen molar-refractivity contribution in [3.8, 4) is 11.5 Å². The van der Waals surface area contributed by atoms with Crippen molar-refractivity contribution in [3.63, 3.8) is 0 Å². The number of carboxylic acids is 1. The van der Waals surface area contributed by atoms with Gasteiger partial charge in [0.05, 0.1) is 19.8 Å². The number of aliphatic carboxylic acids is 1. The lowest BCUT2D eigenvalue weighted by Gasteiger charge is -2.10. The normalized spacial score (nSPS) is 9.69. The molecule has 0 fully saturated rings. The molecule has 0 bridgehead atoms. The van der Waals surface area contributed by atoms with Gasteiger partial charge in [-0.15, -0.1) is 0 Å². The SMILES string of the molecule is COc1cc(F)cc(C(=O)C(=O)O)c1OC. The molecule has 1 aromatic carbocycles. The summed E-state index contributed by atoms with van der Waals surface area (Å²) in [5.41, 5.74) is -0.383. The zero-order chi connectivity index (χ0) is 12.3. The molecule has 0 atom stereocenters.